The Hall–Kier alpha value is -1.13. The van der Waals surface area contributed by atoms with Crippen molar-refractivity contribution in [2.75, 3.05) is 19.0 Å². The third kappa shape index (κ3) is 2.82. The van der Waals surface area contributed by atoms with Gasteiger partial charge < -0.3 is 15.8 Å². The molecule has 3 N–H and O–H groups in total. The van der Waals surface area contributed by atoms with Gasteiger partial charge in [0.25, 0.3) is 0 Å². The van der Waals surface area contributed by atoms with E-state index in [2.05, 4.69) is 5.32 Å². The monoisotopic (exact) mass is 252 g/mol. The lowest BCUT2D eigenvalue weighted by molar-refractivity contribution is 0.0549. The van der Waals surface area contributed by atoms with Crippen LogP contribution in [0.1, 0.15) is 25.7 Å². The summed E-state index contributed by atoms with van der Waals surface area (Å²) in [5, 5.41) is 3.30. The summed E-state index contributed by atoms with van der Waals surface area (Å²) >= 11 is 0. The first kappa shape index (κ1) is 13.3. The first-order valence-electron chi connectivity index (χ1n) is 6.45. The van der Waals surface area contributed by atoms with Crippen molar-refractivity contribution in [1.82, 2.24) is 0 Å². The molecule has 1 saturated carbocycles. The zero-order chi connectivity index (χ0) is 13.0. The van der Waals surface area contributed by atoms with Crippen LogP contribution in [0.3, 0.4) is 0 Å². The molecule has 0 atom stereocenters. The van der Waals surface area contributed by atoms with Crippen LogP contribution >= 0.6 is 0 Å². The van der Waals surface area contributed by atoms with E-state index in [4.69, 9.17) is 10.5 Å². The number of methoxy groups -OCH3 is 1. The summed E-state index contributed by atoms with van der Waals surface area (Å²) < 4.78 is 19.0. The second-order valence-corrected chi connectivity index (χ2v) is 5.02. The number of halogens is 1. The summed E-state index contributed by atoms with van der Waals surface area (Å²) in [7, 11) is 1.74. The highest BCUT2D eigenvalue weighted by Gasteiger charge is 2.34. The van der Waals surface area contributed by atoms with Crippen LogP contribution in [-0.2, 0) is 4.74 Å². The SMILES string of the molecule is COC1CCC(CN)(Nc2ccccc2F)CC1. The van der Waals surface area contributed by atoms with Crippen LogP contribution < -0.4 is 11.1 Å². The lowest BCUT2D eigenvalue weighted by Crippen LogP contribution is -2.49. The van der Waals surface area contributed by atoms with Crippen molar-refractivity contribution in [2.24, 2.45) is 5.73 Å². The maximum atomic E-state index is 13.7. The molecule has 18 heavy (non-hydrogen) atoms. The number of hydrogen-bond acceptors (Lipinski definition) is 3. The molecule has 0 heterocycles. The number of nitrogens with two attached hydrogens (primary N) is 1. The van der Waals surface area contributed by atoms with Gasteiger partial charge in [-0.05, 0) is 37.8 Å². The van der Waals surface area contributed by atoms with Gasteiger partial charge in [-0.3, -0.25) is 0 Å². The molecule has 0 saturated heterocycles. The molecule has 0 unspecified atom stereocenters. The molecule has 1 aromatic rings. The Morgan fingerprint density at radius 1 is 1.39 bits per heavy atom. The van der Waals surface area contributed by atoms with Gasteiger partial charge in [0.15, 0.2) is 0 Å². The third-order valence-electron chi connectivity index (χ3n) is 3.89. The van der Waals surface area contributed by atoms with Crippen LogP contribution in [0.4, 0.5) is 10.1 Å². The Kier molecular flexibility index (Phi) is 4.19. The van der Waals surface area contributed by atoms with E-state index in [1.54, 1.807) is 19.2 Å². The molecule has 0 amide bonds. The number of para-hydroxylation sites is 1. The van der Waals surface area contributed by atoms with Gasteiger partial charge in [0.05, 0.1) is 11.8 Å². The Morgan fingerprint density at radius 3 is 2.61 bits per heavy atom. The predicted octanol–water partition coefficient (Wildman–Crippen LogP) is 2.52. The molecule has 0 radical (unpaired) electrons. The molecule has 0 aromatic heterocycles. The van der Waals surface area contributed by atoms with Crippen molar-refractivity contribution in [3.63, 3.8) is 0 Å². The van der Waals surface area contributed by atoms with E-state index in [0.29, 0.717) is 18.3 Å². The van der Waals surface area contributed by atoms with Gasteiger partial charge >= 0.3 is 0 Å². The van der Waals surface area contributed by atoms with Crippen molar-refractivity contribution in [3.8, 4) is 0 Å². The number of rotatable bonds is 4. The van der Waals surface area contributed by atoms with Crippen molar-refractivity contribution >= 4 is 5.69 Å². The minimum absolute atomic E-state index is 0.197. The fourth-order valence-electron chi connectivity index (χ4n) is 2.61. The van der Waals surface area contributed by atoms with Gasteiger partial charge in [0.1, 0.15) is 5.82 Å². The molecule has 1 aliphatic rings. The molecule has 1 aliphatic carbocycles. The highest BCUT2D eigenvalue weighted by molar-refractivity contribution is 5.47. The normalized spacial score (nSPS) is 28.1. The Bertz CT molecular complexity index is 389. The molecule has 4 heteroatoms. The second kappa shape index (κ2) is 5.67. The largest absolute Gasteiger partial charge is 0.381 e. The quantitative estimate of drug-likeness (QED) is 0.865. The lowest BCUT2D eigenvalue weighted by atomic mass is 9.80. The maximum Gasteiger partial charge on any atom is 0.146 e. The van der Waals surface area contributed by atoms with Gasteiger partial charge in [0, 0.05) is 19.2 Å². The van der Waals surface area contributed by atoms with Gasteiger partial charge in [-0.25, -0.2) is 4.39 Å². The smallest absolute Gasteiger partial charge is 0.146 e. The molecule has 3 nitrogen and oxygen atoms in total. The van der Waals surface area contributed by atoms with Gasteiger partial charge in [0.2, 0.25) is 0 Å². The predicted molar refractivity (Wildman–Crippen MR) is 71.1 cm³/mol. The van der Waals surface area contributed by atoms with E-state index >= 15 is 0 Å². The van der Waals surface area contributed by atoms with Crippen molar-refractivity contribution in [2.45, 2.75) is 37.3 Å². The fraction of sp³-hybridized carbons (Fsp3) is 0.571. The van der Waals surface area contributed by atoms with E-state index < -0.39 is 0 Å². The molecule has 2 rings (SSSR count). The standard InChI is InChI=1S/C14H21FN2O/c1-18-11-6-8-14(10-16,9-7-11)17-13-5-3-2-4-12(13)15/h2-5,11,17H,6-10,16H2,1H3. The molecule has 1 fully saturated rings. The average molecular weight is 252 g/mol. The minimum Gasteiger partial charge on any atom is -0.381 e. The number of hydrogen-bond donors (Lipinski definition) is 2. The summed E-state index contributed by atoms with van der Waals surface area (Å²) in [5.41, 5.74) is 6.24. The molecule has 0 bridgehead atoms. The molecule has 0 spiro atoms. The van der Waals surface area contributed by atoms with E-state index in [1.807, 2.05) is 6.07 Å². The Morgan fingerprint density at radius 2 is 2.06 bits per heavy atom. The van der Waals surface area contributed by atoms with E-state index in [9.17, 15) is 4.39 Å². The number of ether oxygens (including phenoxy) is 1. The van der Waals surface area contributed by atoms with Crippen LogP contribution in [0, 0.1) is 5.82 Å². The highest BCUT2D eigenvalue weighted by Crippen LogP contribution is 2.32. The number of benzene rings is 1. The molecule has 0 aliphatic heterocycles. The van der Waals surface area contributed by atoms with E-state index in [1.165, 1.54) is 6.07 Å². The first-order chi connectivity index (χ1) is 8.69. The molecular weight excluding hydrogens is 231 g/mol. The van der Waals surface area contributed by atoms with E-state index in [0.717, 1.165) is 25.7 Å². The van der Waals surface area contributed by atoms with Crippen LogP contribution in [0.25, 0.3) is 0 Å². The van der Waals surface area contributed by atoms with Crippen molar-refractivity contribution in [3.05, 3.63) is 30.1 Å². The van der Waals surface area contributed by atoms with Crippen LogP contribution in [0.15, 0.2) is 24.3 Å². The topological polar surface area (TPSA) is 47.3 Å². The highest BCUT2D eigenvalue weighted by atomic mass is 19.1. The summed E-state index contributed by atoms with van der Waals surface area (Å²) in [6.45, 7) is 0.512. The lowest BCUT2D eigenvalue weighted by Gasteiger charge is -2.40. The first-order valence-corrected chi connectivity index (χ1v) is 6.45. The Balaban J connectivity index is 2.08. The van der Waals surface area contributed by atoms with Crippen LogP contribution in [-0.4, -0.2) is 25.3 Å². The minimum atomic E-state index is -0.223. The summed E-state index contributed by atoms with van der Waals surface area (Å²) in [5.74, 6) is -0.223. The van der Waals surface area contributed by atoms with E-state index in [-0.39, 0.29) is 11.4 Å². The maximum absolute atomic E-state index is 13.7. The van der Waals surface area contributed by atoms with Crippen LogP contribution in [0.5, 0.6) is 0 Å². The van der Waals surface area contributed by atoms with Crippen molar-refractivity contribution < 1.29 is 9.13 Å². The second-order valence-electron chi connectivity index (χ2n) is 5.02. The van der Waals surface area contributed by atoms with Gasteiger partial charge in [-0.15, -0.1) is 0 Å². The van der Waals surface area contributed by atoms with Gasteiger partial charge in [-0.2, -0.15) is 0 Å². The zero-order valence-corrected chi connectivity index (χ0v) is 10.8. The third-order valence-corrected chi connectivity index (χ3v) is 3.89. The number of anilines is 1. The molecule has 100 valence electrons. The fourth-order valence-corrected chi connectivity index (χ4v) is 2.61. The number of nitrogens with one attached hydrogen (secondary N) is 1. The molecular formula is C14H21FN2O. The zero-order valence-electron chi connectivity index (χ0n) is 10.8. The molecule has 1 aromatic carbocycles. The summed E-state index contributed by atoms with van der Waals surface area (Å²) in [4.78, 5) is 0. The average Bonchev–Trinajstić information content (AvgIpc) is 2.42. The summed E-state index contributed by atoms with van der Waals surface area (Å²) in [6, 6.07) is 6.75. The summed E-state index contributed by atoms with van der Waals surface area (Å²) in [6.07, 6.45) is 4.07. The van der Waals surface area contributed by atoms with Crippen LogP contribution in [0.2, 0.25) is 0 Å². The van der Waals surface area contributed by atoms with Crippen molar-refractivity contribution in [1.29, 1.82) is 0 Å². The Labute approximate surface area is 108 Å². The van der Waals surface area contributed by atoms with Gasteiger partial charge in [-0.1, -0.05) is 12.1 Å².